The van der Waals surface area contributed by atoms with Crippen molar-refractivity contribution in [3.63, 3.8) is 0 Å². The molecule has 0 bridgehead atoms. The second-order valence-corrected chi connectivity index (χ2v) is 21.7. The fourth-order valence-corrected chi connectivity index (χ4v) is 10.7. The number of nitrogens with zero attached hydrogens (tertiary/aromatic N) is 3. The molecule has 5 aromatic carbocycles. The Morgan fingerprint density at radius 3 is 1.20 bits per heavy atom. The van der Waals surface area contributed by atoms with Crippen molar-refractivity contribution in [1.82, 2.24) is 9.97 Å². The van der Waals surface area contributed by atoms with Gasteiger partial charge in [0.1, 0.15) is 0 Å². The highest BCUT2D eigenvalue weighted by molar-refractivity contribution is 5.80. The maximum absolute atomic E-state index is 9.82. The average molecular weight is 989 g/mol. The third-order valence-corrected chi connectivity index (χ3v) is 15.4. The van der Waals surface area contributed by atoms with E-state index in [-0.39, 0.29) is 0 Å². The standard InChI is InChI=1S/C71H93N3/c1-7-11-15-19-23-27-31-62-50-67(63(49-56(62)6)32-28-24-20-16-12-8-2)69-53-70(74-71(73-69)61-47-43-59(54-72)44-48-61)68-52-64(33-29-25-21-17-13-9-3)66(51-65(68)34-30-26-22-18-14-10-4)60-45-41-58(42-46-60)40-39-57-37-35-55(5)36-38-57/h35-53H,7-34H2,1-6H3/b40-39+. The minimum absolute atomic E-state index is 0.649. The van der Waals surface area contributed by atoms with Crippen LogP contribution in [0.1, 0.15) is 232 Å². The number of unbranched alkanes of at least 4 members (excludes halogenated alkanes) is 20. The van der Waals surface area contributed by atoms with Gasteiger partial charge in [-0.3, -0.25) is 0 Å². The van der Waals surface area contributed by atoms with E-state index in [0.29, 0.717) is 5.56 Å². The molecule has 74 heavy (non-hydrogen) atoms. The van der Waals surface area contributed by atoms with E-state index in [4.69, 9.17) is 9.97 Å². The molecule has 3 heteroatoms. The van der Waals surface area contributed by atoms with Gasteiger partial charge in [0.15, 0.2) is 5.82 Å². The van der Waals surface area contributed by atoms with E-state index in [1.165, 1.54) is 214 Å². The van der Waals surface area contributed by atoms with E-state index < -0.39 is 0 Å². The van der Waals surface area contributed by atoms with Crippen molar-refractivity contribution in [1.29, 1.82) is 5.26 Å². The normalized spacial score (nSPS) is 11.5. The van der Waals surface area contributed by atoms with Crippen molar-refractivity contribution in [2.45, 2.75) is 221 Å². The van der Waals surface area contributed by atoms with Gasteiger partial charge in [0, 0.05) is 16.7 Å². The summed E-state index contributed by atoms with van der Waals surface area (Å²) in [6.07, 6.45) is 39.2. The minimum Gasteiger partial charge on any atom is -0.228 e. The van der Waals surface area contributed by atoms with Crippen LogP contribution in [0, 0.1) is 25.2 Å². The first-order valence-corrected chi connectivity index (χ1v) is 29.9. The molecule has 0 fully saturated rings. The van der Waals surface area contributed by atoms with E-state index in [0.717, 1.165) is 54.9 Å². The number of hydrogen-bond donors (Lipinski definition) is 0. The smallest absolute Gasteiger partial charge is 0.160 e. The molecule has 6 rings (SSSR count). The van der Waals surface area contributed by atoms with Gasteiger partial charge in [-0.15, -0.1) is 0 Å². The summed E-state index contributed by atoms with van der Waals surface area (Å²) in [5, 5.41) is 9.82. The van der Waals surface area contributed by atoms with Crippen LogP contribution in [0.3, 0.4) is 0 Å². The molecule has 0 aliphatic carbocycles. The summed E-state index contributed by atoms with van der Waals surface area (Å²) in [5.41, 5.74) is 19.5. The molecule has 1 heterocycles. The van der Waals surface area contributed by atoms with Crippen LogP contribution in [-0.2, 0) is 25.7 Å². The lowest BCUT2D eigenvalue weighted by molar-refractivity contribution is 0.605. The fourth-order valence-electron chi connectivity index (χ4n) is 10.7. The topological polar surface area (TPSA) is 49.6 Å². The molecule has 0 atom stereocenters. The summed E-state index contributed by atoms with van der Waals surface area (Å²) in [7, 11) is 0. The van der Waals surface area contributed by atoms with Crippen molar-refractivity contribution >= 4 is 12.2 Å². The Hall–Kier alpha value is -5.59. The Morgan fingerprint density at radius 2 is 0.743 bits per heavy atom. The van der Waals surface area contributed by atoms with Crippen molar-refractivity contribution in [2.24, 2.45) is 0 Å². The van der Waals surface area contributed by atoms with E-state index >= 15 is 0 Å². The zero-order valence-corrected chi connectivity index (χ0v) is 47.1. The van der Waals surface area contributed by atoms with Gasteiger partial charge in [0.05, 0.1) is 23.0 Å². The van der Waals surface area contributed by atoms with E-state index in [2.05, 4.69) is 139 Å². The van der Waals surface area contributed by atoms with Gasteiger partial charge in [-0.2, -0.15) is 5.26 Å². The highest BCUT2D eigenvalue weighted by Crippen LogP contribution is 2.38. The number of nitriles is 1. The first kappa shape index (κ1) is 57.7. The van der Waals surface area contributed by atoms with Crippen LogP contribution in [0.25, 0.3) is 57.2 Å². The number of benzene rings is 5. The summed E-state index contributed by atoms with van der Waals surface area (Å²) in [4.78, 5) is 11.1. The van der Waals surface area contributed by atoms with Crippen molar-refractivity contribution in [3.05, 3.63) is 153 Å². The lowest BCUT2D eigenvalue weighted by Crippen LogP contribution is -2.03. The zero-order valence-electron chi connectivity index (χ0n) is 47.1. The molecule has 392 valence electrons. The largest absolute Gasteiger partial charge is 0.228 e. The van der Waals surface area contributed by atoms with Crippen LogP contribution in [0.4, 0.5) is 0 Å². The molecule has 0 amide bonds. The second-order valence-electron chi connectivity index (χ2n) is 21.7. The predicted octanol–water partition coefficient (Wildman–Crippen LogP) is 21.4. The van der Waals surface area contributed by atoms with Crippen LogP contribution < -0.4 is 0 Å². The summed E-state index contributed by atoms with van der Waals surface area (Å²) in [5.74, 6) is 0.729. The maximum atomic E-state index is 9.82. The predicted molar refractivity (Wildman–Crippen MR) is 322 cm³/mol. The SMILES string of the molecule is CCCCCCCCc1cc(-c2cc(-c3cc(CCCCCCCC)c(-c4ccc(/C=C/c5ccc(C)cc5)cc4)cc3CCCCCCCC)nc(-c3ccc(C#N)cc3)n2)c(CCCCCCCC)cc1C. The molecule has 0 N–H and O–H groups in total. The summed E-state index contributed by atoms with van der Waals surface area (Å²) in [6, 6.07) is 40.8. The minimum atomic E-state index is 0.649. The van der Waals surface area contributed by atoms with Crippen molar-refractivity contribution < 1.29 is 0 Å². The van der Waals surface area contributed by atoms with E-state index in [9.17, 15) is 5.26 Å². The summed E-state index contributed by atoms with van der Waals surface area (Å²) in [6.45, 7) is 13.7. The molecule has 0 spiro atoms. The molecular formula is C71H93N3. The Bertz CT molecular complexity index is 2620. The third-order valence-electron chi connectivity index (χ3n) is 15.4. The molecule has 1 aromatic heterocycles. The Morgan fingerprint density at radius 1 is 0.378 bits per heavy atom. The van der Waals surface area contributed by atoms with Gasteiger partial charge in [0.2, 0.25) is 0 Å². The number of aromatic nitrogens is 2. The van der Waals surface area contributed by atoms with Crippen molar-refractivity contribution in [3.8, 4) is 51.1 Å². The first-order valence-electron chi connectivity index (χ1n) is 29.9. The zero-order chi connectivity index (χ0) is 52.2. The van der Waals surface area contributed by atoms with Gasteiger partial charge in [-0.1, -0.05) is 234 Å². The average Bonchev–Trinajstić information content (AvgIpc) is 3.43. The Balaban J connectivity index is 1.50. The number of rotatable bonds is 34. The lowest BCUT2D eigenvalue weighted by atomic mass is 9.87. The van der Waals surface area contributed by atoms with Gasteiger partial charge >= 0.3 is 0 Å². The van der Waals surface area contributed by atoms with Gasteiger partial charge in [0.25, 0.3) is 0 Å². The van der Waals surface area contributed by atoms with Crippen LogP contribution >= 0.6 is 0 Å². The number of hydrogen-bond acceptors (Lipinski definition) is 3. The van der Waals surface area contributed by atoms with Crippen LogP contribution in [0.15, 0.2) is 103 Å². The van der Waals surface area contributed by atoms with Crippen LogP contribution in [-0.4, -0.2) is 9.97 Å². The molecule has 0 unspecified atom stereocenters. The Labute approximate surface area is 450 Å². The van der Waals surface area contributed by atoms with E-state index in [1.54, 1.807) is 0 Å². The quantitative estimate of drug-likeness (QED) is 0.0299. The Kier molecular flexibility index (Phi) is 25.5. The highest BCUT2D eigenvalue weighted by atomic mass is 14.9. The van der Waals surface area contributed by atoms with Gasteiger partial charge < -0.3 is 0 Å². The van der Waals surface area contributed by atoms with Crippen LogP contribution in [0.5, 0.6) is 0 Å². The van der Waals surface area contributed by atoms with Gasteiger partial charge in [-0.25, -0.2) is 9.97 Å². The van der Waals surface area contributed by atoms with Crippen LogP contribution in [0.2, 0.25) is 0 Å². The van der Waals surface area contributed by atoms with Crippen molar-refractivity contribution in [2.75, 3.05) is 0 Å². The summed E-state index contributed by atoms with van der Waals surface area (Å²) < 4.78 is 0. The van der Waals surface area contributed by atoms with Gasteiger partial charge in [-0.05, 0) is 158 Å². The first-order chi connectivity index (χ1) is 36.3. The summed E-state index contributed by atoms with van der Waals surface area (Å²) >= 11 is 0. The molecule has 0 radical (unpaired) electrons. The second kappa shape index (κ2) is 32.7. The molecule has 0 saturated heterocycles. The molecule has 0 aliphatic heterocycles. The maximum Gasteiger partial charge on any atom is 0.160 e. The van der Waals surface area contributed by atoms with E-state index in [1.807, 2.05) is 24.3 Å². The molecule has 6 aromatic rings. The monoisotopic (exact) mass is 988 g/mol. The molecular weight excluding hydrogens is 895 g/mol. The molecule has 3 nitrogen and oxygen atoms in total. The highest BCUT2D eigenvalue weighted by Gasteiger charge is 2.20. The molecule has 0 aliphatic rings. The number of aryl methyl sites for hydroxylation is 6. The lowest BCUT2D eigenvalue weighted by Gasteiger charge is -2.20. The fraction of sp³-hybridized carbons (Fsp3) is 0.479. The molecule has 0 saturated carbocycles. The third kappa shape index (κ3) is 18.7.